The Labute approximate surface area is 79.1 Å². The number of aromatic nitrogens is 2. The normalized spacial score (nSPS) is 10.3. The van der Waals surface area contributed by atoms with Crippen LogP contribution < -0.4 is 9.47 Å². The van der Waals surface area contributed by atoms with Crippen LogP contribution >= 0.6 is 11.3 Å². The second-order valence-corrected chi connectivity index (χ2v) is 3.25. The lowest BCUT2D eigenvalue weighted by molar-refractivity contribution is 0.334. The van der Waals surface area contributed by atoms with Gasteiger partial charge >= 0.3 is 0 Å². The lowest BCUT2D eigenvalue weighted by Gasteiger charge is -2.03. The Bertz CT molecular complexity index is 389. The number of thiophene rings is 1. The Balaban J connectivity index is 2.67. The van der Waals surface area contributed by atoms with Gasteiger partial charge < -0.3 is 9.47 Å². The molecule has 0 bridgehead atoms. The van der Waals surface area contributed by atoms with Crippen LogP contribution in [-0.4, -0.2) is 24.2 Å². The molecule has 0 saturated carbocycles. The fraction of sp³-hybridized carbons (Fsp3) is 0.250. The van der Waals surface area contributed by atoms with E-state index in [0.717, 1.165) is 10.3 Å². The Hall–Kier alpha value is -1.36. The van der Waals surface area contributed by atoms with E-state index in [1.807, 2.05) is 11.4 Å². The number of hydrogen-bond acceptors (Lipinski definition) is 5. The van der Waals surface area contributed by atoms with Crippen molar-refractivity contribution in [1.29, 1.82) is 0 Å². The molecule has 5 heteroatoms. The zero-order chi connectivity index (χ0) is 9.26. The topological polar surface area (TPSA) is 44.2 Å². The first-order valence-corrected chi connectivity index (χ1v) is 4.56. The number of ether oxygens (including phenoxy) is 2. The molecule has 4 nitrogen and oxygen atoms in total. The number of fused-ring (bicyclic) bond motifs is 1. The average molecular weight is 196 g/mol. The summed E-state index contributed by atoms with van der Waals surface area (Å²) in [4.78, 5) is 9.32. The molecule has 2 aromatic rings. The van der Waals surface area contributed by atoms with Crippen LogP contribution in [0.2, 0.25) is 0 Å². The van der Waals surface area contributed by atoms with Crippen molar-refractivity contribution in [3.05, 3.63) is 11.4 Å². The smallest absolute Gasteiger partial charge is 0.279 e. The fourth-order valence-corrected chi connectivity index (χ4v) is 1.72. The maximum atomic E-state index is 5.02. The van der Waals surface area contributed by atoms with Gasteiger partial charge in [0.05, 0.1) is 14.2 Å². The van der Waals surface area contributed by atoms with Gasteiger partial charge in [0.25, 0.3) is 11.8 Å². The molecular weight excluding hydrogens is 188 g/mol. The number of hydrogen-bond donors (Lipinski definition) is 0. The third-order valence-corrected chi connectivity index (χ3v) is 2.42. The summed E-state index contributed by atoms with van der Waals surface area (Å²) < 4.78 is 10.0. The first-order chi connectivity index (χ1) is 6.35. The molecule has 0 unspecified atom stereocenters. The molecule has 0 N–H and O–H groups in total. The van der Waals surface area contributed by atoms with Crippen LogP contribution in [0.5, 0.6) is 11.8 Å². The van der Waals surface area contributed by atoms with Crippen LogP contribution in [-0.2, 0) is 0 Å². The van der Waals surface area contributed by atoms with E-state index in [1.165, 1.54) is 11.3 Å². The van der Waals surface area contributed by atoms with Crippen LogP contribution in [0.15, 0.2) is 11.4 Å². The molecule has 0 saturated heterocycles. The van der Waals surface area contributed by atoms with Crippen molar-refractivity contribution in [2.24, 2.45) is 0 Å². The third kappa shape index (κ3) is 1.31. The zero-order valence-electron chi connectivity index (χ0n) is 7.27. The Kier molecular flexibility index (Phi) is 2.02. The van der Waals surface area contributed by atoms with Crippen molar-refractivity contribution in [2.75, 3.05) is 14.2 Å². The van der Waals surface area contributed by atoms with Crippen molar-refractivity contribution in [2.45, 2.75) is 0 Å². The van der Waals surface area contributed by atoms with Gasteiger partial charge in [-0.2, -0.15) is 4.98 Å². The highest BCUT2D eigenvalue weighted by molar-refractivity contribution is 7.16. The van der Waals surface area contributed by atoms with Crippen LogP contribution in [0.4, 0.5) is 0 Å². The van der Waals surface area contributed by atoms with Crippen LogP contribution in [0.25, 0.3) is 10.3 Å². The highest BCUT2D eigenvalue weighted by Gasteiger charge is 2.09. The summed E-state index contributed by atoms with van der Waals surface area (Å²) in [6, 6.07) is 1.90. The van der Waals surface area contributed by atoms with Crippen molar-refractivity contribution in [3.63, 3.8) is 0 Å². The van der Waals surface area contributed by atoms with E-state index < -0.39 is 0 Å². The molecule has 2 heterocycles. The van der Waals surface area contributed by atoms with Gasteiger partial charge in [0.2, 0.25) is 0 Å². The summed E-state index contributed by atoms with van der Waals surface area (Å²) in [7, 11) is 3.09. The number of nitrogens with zero attached hydrogens (tertiary/aromatic N) is 2. The summed E-state index contributed by atoms with van der Waals surface area (Å²) in [6.45, 7) is 0. The van der Waals surface area contributed by atoms with E-state index >= 15 is 0 Å². The van der Waals surface area contributed by atoms with E-state index in [9.17, 15) is 0 Å². The van der Waals surface area contributed by atoms with Crippen molar-refractivity contribution < 1.29 is 9.47 Å². The van der Waals surface area contributed by atoms with Crippen LogP contribution in [0.1, 0.15) is 0 Å². The van der Waals surface area contributed by atoms with E-state index in [2.05, 4.69) is 9.97 Å². The van der Waals surface area contributed by atoms with E-state index in [-0.39, 0.29) is 0 Å². The molecule has 0 aliphatic carbocycles. The standard InChI is InChI=1S/C8H8N2O2S/c1-11-6-7(12-2)10-8-5(9-6)3-4-13-8/h3-4H,1-2H3. The lowest BCUT2D eigenvalue weighted by atomic mass is 10.5. The summed E-state index contributed by atoms with van der Waals surface area (Å²) in [6.07, 6.45) is 0. The molecule has 2 rings (SSSR count). The third-order valence-electron chi connectivity index (χ3n) is 1.62. The highest BCUT2D eigenvalue weighted by atomic mass is 32.1. The summed E-state index contributed by atoms with van der Waals surface area (Å²) in [5.74, 6) is 0.853. The minimum Gasteiger partial charge on any atom is -0.477 e. The van der Waals surface area contributed by atoms with Gasteiger partial charge in [0.1, 0.15) is 10.3 Å². The van der Waals surface area contributed by atoms with E-state index in [0.29, 0.717) is 11.8 Å². The molecule has 13 heavy (non-hydrogen) atoms. The monoisotopic (exact) mass is 196 g/mol. The number of rotatable bonds is 2. The molecule has 0 atom stereocenters. The van der Waals surface area contributed by atoms with Gasteiger partial charge in [-0.25, -0.2) is 4.98 Å². The van der Waals surface area contributed by atoms with Gasteiger partial charge in [-0.15, -0.1) is 11.3 Å². The van der Waals surface area contributed by atoms with Crippen LogP contribution in [0, 0.1) is 0 Å². The van der Waals surface area contributed by atoms with Crippen LogP contribution in [0.3, 0.4) is 0 Å². The SMILES string of the molecule is COc1nc2ccsc2nc1OC. The molecule has 0 aliphatic heterocycles. The summed E-state index contributed by atoms with van der Waals surface area (Å²) >= 11 is 1.53. The first-order valence-electron chi connectivity index (χ1n) is 3.68. The molecule has 0 amide bonds. The minimum absolute atomic E-state index is 0.424. The summed E-state index contributed by atoms with van der Waals surface area (Å²) in [5, 5.41) is 1.93. The van der Waals surface area contributed by atoms with Gasteiger partial charge in [-0.3, -0.25) is 0 Å². The predicted octanol–water partition coefficient (Wildman–Crippen LogP) is 1.71. The average Bonchev–Trinajstić information content (AvgIpc) is 2.62. The van der Waals surface area contributed by atoms with Gasteiger partial charge in [-0.1, -0.05) is 0 Å². The zero-order valence-corrected chi connectivity index (χ0v) is 8.09. The van der Waals surface area contributed by atoms with Gasteiger partial charge in [0.15, 0.2) is 0 Å². The molecule has 0 radical (unpaired) electrons. The highest BCUT2D eigenvalue weighted by Crippen LogP contribution is 2.27. The van der Waals surface area contributed by atoms with E-state index in [4.69, 9.17) is 9.47 Å². The first kappa shape index (κ1) is 8.25. The molecule has 2 aromatic heterocycles. The second kappa shape index (κ2) is 3.18. The fourth-order valence-electron chi connectivity index (χ4n) is 1.03. The molecule has 0 aromatic carbocycles. The minimum atomic E-state index is 0.424. The van der Waals surface area contributed by atoms with Crippen molar-refractivity contribution in [1.82, 2.24) is 9.97 Å². The number of methoxy groups -OCH3 is 2. The Morgan fingerprint density at radius 2 is 1.85 bits per heavy atom. The predicted molar refractivity (Wildman–Crippen MR) is 50.5 cm³/mol. The quantitative estimate of drug-likeness (QED) is 0.733. The largest absolute Gasteiger partial charge is 0.477 e. The van der Waals surface area contributed by atoms with Gasteiger partial charge in [-0.05, 0) is 11.4 Å². The lowest BCUT2D eigenvalue weighted by Crippen LogP contribution is -1.95. The van der Waals surface area contributed by atoms with Crippen molar-refractivity contribution in [3.8, 4) is 11.8 Å². The summed E-state index contributed by atoms with van der Waals surface area (Å²) in [5.41, 5.74) is 0.836. The molecule has 0 aliphatic rings. The van der Waals surface area contributed by atoms with E-state index in [1.54, 1.807) is 14.2 Å². The molecule has 0 spiro atoms. The van der Waals surface area contributed by atoms with Crippen molar-refractivity contribution >= 4 is 21.7 Å². The molecule has 68 valence electrons. The second-order valence-electron chi connectivity index (χ2n) is 2.35. The Morgan fingerprint density at radius 3 is 2.54 bits per heavy atom. The maximum absolute atomic E-state index is 5.02. The Morgan fingerprint density at radius 1 is 1.15 bits per heavy atom. The molecule has 0 fully saturated rings. The maximum Gasteiger partial charge on any atom is 0.279 e. The molecular formula is C8H8N2O2S. The van der Waals surface area contributed by atoms with Gasteiger partial charge in [0, 0.05) is 0 Å².